The first-order chi connectivity index (χ1) is 9.19. The third kappa shape index (κ3) is 3.80. The van der Waals surface area contributed by atoms with Crippen molar-refractivity contribution in [3.05, 3.63) is 53.1 Å². The van der Waals surface area contributed by atoms with Crippen LogP contribution in [0.15, 0.2) is 42.5 Å². The van der Waals surface area contributed by atoms with Gasteiger partial charge in [0, 0.05) is 11.6 Å². The number of nitrogens with one attached hydrogen (secondary N) is 1. The Balaban J connectivity index is 1.90. The summed E-state index contributed by atoms with van der Waals surface area (Å²) in [7, 11) is 1.67. The molecule has 0 aliphatic carbocycles. The van der Waals surface area contributed by atoms with Crippen molar-refractivity contribution >= 4 is 23.0 Å². The molecule has 0 bridgehead atoms. The van der Waals surface area contributed by atoms with Crippen molar-refractivity contribution in [3.63, 3.8) is 0 Å². The molecule has 0 aliphatic heterocycles. The predicted molar refractivity (Wildman–Crippen MR) is 81.1 cm³/mol. The zero-order chi connectivity index (χ0) is 13.7. The maximum Gasteiger partial charge on any atom is 0.118 e. The summed E-state index contributed by atoms with van der Waals surface area (Å²) >= 11 is 5.94. The number of nitrogens with two attached hydrogens (primary N) is 1. The van der Waals surface area contributed by atoms with Crippen molar-refractivity contribution in [1.29, 1.82) is 0 Å². The molecule has 0 aliphatic rings. The first kappa shape index (κ1) is 13.6. The first-order valence-corrected chi connectivity index (χ1v) is 6.48. The van der Waals surface area contributed by atoms with E-state index in [0.717, 1.165) is 24.4 Å². The largest absolute Gasteiger partial charge is 0.497 e. The van der Waals surface area contributed by atoms with Gasteiger partial charge in [-0.3, -0.25) is 0 Å². The number of hydrogen-bond acceptors (Lipinski definition) is 3. The molecule has 0 atom stereocenters. The van der Waals surface area contributed by atoms with E-state index < -0.39 is 0 Å². The molecule has 0 fully saturated rings. The van der Waals surface area contributed by atoms with Gasteiger partial charge >= 0.3 is 0 Å². The molecule has 0 aromatic heterocycles. The Morgan fingerprint density at radius 3 is 2.58 bits per heavy atom. The average Bonchev–Trinajstić information content (AvgIpc) is 2.43. The molecule has 0 unspecified atom stereocenters. The second-order valence-corrected chi connectivity index (χ2v) is 4.69. The lowest BCUT2D eigenvalue weighted by Gasteiger charge is -2.10. The molecule has 0 spiro atoms. The average molecular weight is 277 g/mol. The fourth-order valence-electron chi connectivity index (χ4n) is 1.82. The Kier molecular flexibility index (Phi) is 4.53. The lowest BCUT2D eigenvalue weighted by atomic mass is 10.1. The number of rotatable bonds is 5. The standard InChI is InChI=1S/C15H17ClN2O/c1-19-13-5-2-11(3-6-13)8-9-18-15-10-12(16)4-7-14(15)17/h2-7,10,18H,8-9,17H2,1H3. The number of anilines is 2. The molecule has 0 saturated carbocycles. The van der Waals surface area contributed by atoms with E-state index in [4.69, 9.17) is 22.1 Å². The highest BCUT2D eigenvalue weighted by Crippen LogP contribution is 2.22. The number of benzene rings is 2. The molecule has 2 rings (SSSR count). The first-order valence-electron chi connectivity index (χ1n) is 6.11. The minimum absolute atomic E-state index is 0.682. The van der Waals surface area contributed by atoms with Crippen LogP contribution in [0.2, 0.25) is 5.02 Å². The Morgan fingerprint density at radius 2 is 1.89 bits per heavy atom. The van der Waals surface area contributed by atoms with Crippen LogP contribution in [0.3, 0.4) is 0 Å². The number of nitrogen functional groups attached to an aromatic ring is 1. The van der Waals surface area contributed by atoms with Crippen molar-refractivity contribution in [1.82, 2.24) is 0 Å². The molecule has 100 valence electrons. The second-order valence-electron chi connectivity index (χ2n) is 4.26. The summed E-state index contributed by atoms with van der Waals surface area (Å²) in [4.78, 5) is 0. The Morgan fingerprint density at radius 1 is 1.16 bits per heavy atom. The van der Waals surface area contributed by atoms with Gasteiger partial charge in [-0.2, -0.15) is 0 Å². The fraction of sp³-hybridized carbons (Fsp3) is 0.200. The highest BCUT2D eigenvalue weighted by Gasteiger charge is 2.00. The summed E-state index contributed by atoms with van der Waals surface area (Å²) in [6.07, 6.45) is 0.913. The van der Waals surface area contributed by atoms with Gasteiger partial charge in [0.25, 0.3) is 0 Å². The number of methoxy groups -OCH3 is 1. The molecule has 3 N–H and O–H groups in total. The third-order valence-electron chi connectivity index (χ3n) is 2.90. The molecule has 3 nitrogen and oxygen atoms in total. The molecule has 0 saturated heterocycles. The van der Waals surface area contributed by atoms with Gasteiger partial charge in [0.15, 0.2) is 0 Å². The quantitative estimate of drug-likeness (QED) is 0.821. The Labute approximate surface area is 118 Å². The normalized spacial score (nSPS) is 10.2. The fourth-order valence-corrected chi connectivity index (χ4v) is 1.99. The maximum absolute atomic E-state index is 5.94. The van der Waals surface area contributed by atoms with Gasteiger partial charge in [0.1, 0.15) is 5.75 Å². The Hall–Kier alpha value is -1.87. The number of ether oxygens (including phenoxy) is 1. The van der Waals surface area contributed by atoms with Crippen LogP contribution in [0.25, 0.3) is 0 Å². The topological polar surface area (TPSA) is 47.3 Å². The molecule has 2 aromatic carbocycles. The highest BCUT2D eigenvalue weighted by molar-refractivity contribution is 6.31. The molecule has 19 heavy (non-hydrogen) atoms. The van der Waals surface area contributed by atoms with Gasteiger partial charge in [0.05, 0.1) is 18.5 Å². The number of halogens is 1. The minimum atomic E-state index is 0.682. The van der Waals surface area contributed by atoms with Crippen molar-refractivity contribution < 1.29 is 4.74 Å². The van der Waals surface area contributed by atoms with E-state index in [2.05, 4.69) is 17.4 Å². The van der Waals surface area contributed by atoms with Crippen molar-refractivity contribution in [2.24, 2.45) is 0 Å². The minimum Gasteiger partial charge on any atom is -0.497 e. The molecule has 2 aromatic rings. The summed E-state index contributed by atoms with van der Waals surface area (Å²) in [5.41, 5.74) is 8.70. The molecule has 0 amide bonds. The van der Waals surface area contributed by atoms with Gasteiger partial charge in [-0.15, -0.1) is 0 Å². The summed E-state index contributed by atoms with van der Waals surface area (Å²) in [5.74, 6) is 0.871. The van der Waals surface area contributed by atoms with E-state index in [0.29, 0.717) is 10.7 Å². The van der Waals surface area contributed by atoms with Crippen LogP contribution in [-0.4, -0.2) is 13.7 Å². The molecule has 0 radical (unpaired) electrons. The van der Waals surface area contributed by atoms with Crippen molar-refractivity contribution in [3.8, 4) is 5.75 Å². The van der Waals surface area contributed by atoms with Crippen LogP contribution in [0.4, 0.5) is 11.4 Å². The van der Waals surface area contributed by atoms with E-state index in [1.165, 1.54) is 5.56 Å². The van der Waals surface area contributed by atoms with Crippen LogP contribution in [0.1, 0.15) is 5.56 Å². The smallest absolute Gasteiger partial charge is 0.118 e. The predicted octanol–water partition coefficient (Wildman–Crippen LogP) is 3.59. The molecular weight excluding hydrogens is 260 g/mol. The monoisotopic (exact) mass is 276 g/mol. The van der Waals surface area contributed by atoms with Crippen LogP contribution < -0.4 is 15.8 Å². The lowest BCUT2D eigenvalue weighted by Crippen LogP contribution is -2.06. The van der Waals surface area contributed by atoms with Gasteiger partial charge in [0.2, 0.25) is 0 Å². The van der Waals surface area contributed by atoms with Crippen LogP contribution >= 0.6 is 11.6 Å². The van der Waals surface area contributed by atoms with Crippen molar-refractivity contribution in [2.75, 3.05) is 24.7 Å². The van der Waals surface area contributed by atoms with E-state index in [9.17, 15) is 0 Å². The SMILES string of the molecule is COc1ccc(CCNc2cc(Cl)ccc2N)cc1. The van der Waals surface area contributed by atoms with Crippen LogP contribution in [0.5, 0.6) is 5.75 Å². The highest BCUT2D eigenvalue weighted by atomic mass is 35.5. The second kappa shape index (κ2) is 6.34. The third-order valence-corrected chi connectivity index (χ3v) is 3.14. The van der Waals surface area contributed by atoms with E-state index >= 15 is 0 Å². The molecule has 4 heteroatoms. The Bertz CT molecular complexity index is 540. The summed E-state index contributed by atoms with van der Waals surface area (Å²) in [6.45, 7) is 0.802. The van der Waals surface area contributed by atoms with E-state index in [1.54, 1.807) is 19.2 Å². The summed E-state index contributed by atoms with van der Waals surface area (Å²) < 4.78 is 5.13. The van der Waals surface area contributed by atoms with Gasteiger partial charge < -0.3 is 15.8 Å². The molecule has 0 heterocycles. The lowest BCUT2D eigenvalue weighted by molar-refractivity contribution is 0.414. The van der Waals surface area contributed by atoms with Gasteiger partial charge in [-0.05, 0) is 42.3 Å². The van der Waals surface area contributed by atoms with E-state index in [-0.39, 0.29) is 0 Å². The van der Waals surface area contributed by atoms with Gasteiger partial charge in [-0.1, -0.05) is 23.7 Å². The number of hydrogen-bond donors (Lipinski definition) is 2. The maximum atomic E-state index is 5.94. The van der Waals surface area contributed by atoms with Crippen LogP contribution in [0, 0.1) is 0 Å². The van der Waals surface area contributed by atoms with E-state index in [1.807, 2.05) is 18.2 Å². The zero-order valence-electron chi connectivity index (χ0n) is 10.8. The summed E-state index contributed by atoms with van der Waals surface area (Å²) in [6, 6.07) is 13.5. The van der Waals surface area contributed by atoms with Crippen LogP contribution in [-0.2, 0) is 6.42 Å². The van der Waals surface area contributed by atoms with Gasteiger partial charge in [-0.25, -0.2) is 0 Å². The molecular formula is C15H17ClN2O. The van der Waals surface area contributed by atoms with Crippen molar-refractivity contribution in [2.45, 2.75) is 6.42 Å². The summed E-state index contributed by atoms with van der Waals surface area (Å²) in [5, 5.41) is 3.97. The zero-order valence-corrected chi connectivity index (χ0v) is 11.6.